The molecule has 7 nitrogen and oxygen atoms in total. The maximum atomic E-state index is 12.1. The van der Waals surface area contributed by atoms with Crippen LogP contribution in [0.4, 0.5) is 28.4 Å². The van der Waals surface area contributed by atoms with Crippen LogP contribution in [0.2, 0.25) is 0 Å². The van der Waals surface area contributed by atoms with Crippen molar-refractivity contribution in [3.05, 3.63) is 78.4 Å². The number of nitrogens with zero attached hydrogens (tertiary/aromatic N) is 3. The van der Waals surface area contributed by atoms with Gasteiger partial charge in [0, 0.05) is 18.8 Å². The fourth-order valence-corrected chi connectivity index (χ4v) is 4.04. The van der Waals surface area contributed by atoms with Crippen molar-refractivity contribution in [2.45, 2.75) is 45.4 Å². The molecule has 3 aromatic rings. The largest absolute Gasteiger partial charge is 0.462 e. The van der Waals surface area contributed by atoms with E-state index in [1.54, 1.807) is 24.3 Å². The number of ether oxygens (including phenoxy) is 1. The van der Waals surface area contributed by atoms with E-state index in [9.17, 15) is 4.79 Å². The van der Waals surface area contributed by atoms with E-state index in [0.717, 1.165) is 49.4 Å². The van der Waals surface area contributed by atoms with E-state index in [-0.39, 0.29) is 5.97 Å². The Morgan fingerprint density at radius 2 is 1.33 bits per heavy atom. The number of carbonyl (C=O) groups excluding carboxylic acids is 1. The van der Waals surface area contributed by atoms with Gasteiger partial charge >= 0.3 is 5.97 Å². The van der Waals surface area contributed by atoms with Crippen LogP contribution in [0, 0.1) is 0 Å². The van der Waals surface area contributed by atoms with Crippen molar-refractivity contribution in [1.29, 1.82) is 0 Å². The number of hydrogen-bond donors (Lipinski definition) is 2. The molecular formula is C29H35N5O2. The first-order valence-corrected chi connectivity index (χ1v) is 12.9. The van der Waals surface area contributed by atoms with Crippen molar-refractivity contribution >= 4 is 34.4 Å². The van der Waals surface area contributed by atoms with E-state index in [1.165, 1.54) is 24.9 Å². The third-order valence-corrected chi connectivity index (χ3v) is 6.17. The normalized spacial score (nSPS) is 13.2. The van der Waals surface area contributed by atoms with Crippen LogP contribution in [0.15, 0.2) is 83.0 Å². The Morgan fingerprint density at radius 1 is 0.778 bits per heavy atom. The van der Waals surface area contributed by atoms with Gasteiger partial charge in [-0.15, -0.1) is 0 Å². The minimum Gasteiger partial charge on any atom is -0.462 e. The highest BCUT2D eigenvalue weighted by atomic mass is 16.5. The number of carbonyl (C=O) groups is 1. The zero-order valence-electron chi connectivity index (χ0n) is 21.0. The number of unbranched alkanes of at least 4 members (excludes halogenated alkanes) is 3. The molecule has 0 saturated carbocycles. The Balaban J connectivity index is 1.22. The molecule has 0 amide bonds. The minimum absolute atomic E-state index is 0.297. The summed E-state index contributed by atoms with van der Waals surface area (Å²) in [5.74, 6) is -0.297. The van der Waals surface area contributed by atoms with Gasteiger partial charge in [0.15, 0.2) is 0 Å². The number of anilines is 3. The second-order valence-corrected chi connectivity index (χ2v) is 8.98. The summed E-state index contributed by atoms with van der Waals surface area (Å²) in [6.07, 6.45) is 6.88. The van der Waals surface area contributed by atoms with Crippen molar-refractivity contribution < 1.29 is 9.53 Å². The van der Waals surface area contributed by atoms with Gasteiger partial charge in [-0.2, -0.15) is 10.2 Å². The molecule has 1 fully saturated rings. The summed E-state index contributed by atoms with van der Waals surface area (Å²) in [7, 11) is 0. The number of azo groups is 1. The molecular weight excluding hydrogens is 450 g/mol. The van der Waals surface area contributed by atoms with E-state index in [1.807, 2.05) is 24.3 Å². The predicted octanol–water partition coefficient (Wildman–Crippen LogP) is 7.88. The van der Waals surface area contributed by atoms with Gasteiger partial charge < -0.3 is 20.5 Å². The van der Waals surface area contributed by atoms with Crippen LogP contribution in [0.3, 0.4) is 0 Å². The molecule has 1 saturated heterocycles. The molecule has 0 aliphatic carbocycles. The molecule has 0 unspecified atom stereocenters. The van der Waals surface area contributed by atoms with Crippen LogP contribution < -0.4 is 15.8 Å². The molecule has 0 atom stereocenters. The summed E-state index contributed by atoms with van der Waals surface area (Å²) in [5.41, 5.74) is 11.6. The highest BCUT2D eigenvalue weighted by Crippen LogP contribution is 2.23. The summed E-state index contributed by atoms with van der Waals surface area (Å²) in [5, 5.41) is 8.56. The van der Waals surface area contributed by atoms with Crippen molar-refractivity contribution in [2.75, 3.05) is 35.4 Å². The van der Waals surface area contributed by atoms with E-state index in [0.29, 0.717) is 17.9 Å². The van der Waals surface area contributed by atoms with Gasteiger partial charge in [-0.05, 0) is 92.1 Å². The zero-order chi connectivity index (χ0) is 25.0. The minimum atomic E-state index is -0.297. The van der Waals surface area contributed by atoms with Crippen LogP contribution >= 0.6 is 0 Å². The highest BCUT2D eigenvalue weighted by molar-refractivity contribution is 5.89. The average Bonchev–Trinajstić information content (AvgIpc) is 3.47. The van der Waals surface area contributed by atoms with Crippen LogP contribution in [0.25, 0.3) is 0 Å². The second kappa shape index (κ2) is 13.3. The number of benzene rings is 3. The van der Waals surface area contributed by atoms with Gasteiger partial charge in [0.25, 0.3) is 0 Å². The Morgan fingerprint density at radius 3 is 1.92 bits per heavy atom. The number of hydrogen-bond acceptors (Lipinski definition) is 7. The molecule has 1 aliphatic heterocycles. The van der Waals surface area contributed by atoms with Crippen molar-refractivity contribution in [2.24, 2.45) is 10.2 Å². The second-order valence-electron chi connectivity index (χ2n) is 8.98. The molecule has 36 heavy (non-hydrogen) atoms. The fraction of sp³-hybridized carbons (Fsp3) is 0.345. The topological polar surface area (TPSA) is 78.3 Å². The van der Waals surface area contributed by atoms with E-state index >= 15 is 0 Å². The molecule has 188 valence electrons. The summed E-state index contributed by atoms with van der Waals surface area (Å²) < 4.78 is 5.32. The number of nitrogens with one attached hydrogen (secondary N) is 2. The summed E-state index contributed by atoms with van der Waals surface area (Å²) in [6.45, 7) is 4.92. The van der Waals surface area contributed by atoms with Gasteiger partial charge in [-0.3, -0.25) is 0 Å². The Hall–Kier alpha value is -3.87. The first kappa shape index (κ1) is 25.2. The van der Waals surface area contributed by atoms with Crippen molar-refractivity contribution in [3.63, 3.8) is 0 Å². The first-order chi connectivity index (χ1) is 17.7. The lowest BCUT2D eigenvalue weighted by molar-refractivity contribution is 0.0498. The maximum absolute atomic E-state index is 12.1. The lowest BCUT2D eigenvalue weighted by atomic mass is 10.2. The fourth-order valence-electron chi connectivity index (χ4n) is 4.04. The van der Waals surface area contributed by atoms with Gasteiger partial charge in [-0.1, -0.05) is 26.2 Å². The molecule has 0 bridgehead atoms. The van der Waals surface area contributed by atoms with Crippen LogP contribution in [-0.2, 0) is 4.74 Å². The van der Waals surface area contributed by atoms with Gasteiger partial charge in [0.2, 0.25) is 0 Å². The Labute approximate surface area is 213 Å². The van der Waals surface area contributed by atoms with E-state index in [2.05, 4.69) is 57.2 Å². The number of esters is 1. The SMILES string of the molecule is CCCCCCOC(=O)c1ccc(N=Nc2ccc(NNc3ccc(N4CCCC4)cc3)cc2)cc1. The Kier molecular flexibility index (Phi) is 9.31. The molecule has 0 radical (unpaired) electrons. The maximum Gasteiger partial charge on any atom is 0.338 e. The van der Waals surface area contributed by atoms with E-state index < -0.39 is 0 Å². The van der Waals surface area contributed by atoms with Gasteiger partial charge in [-0.25, -0.2) is 4.79 Å². The lowest BCUT2D eigenvalue weighted by Gasteiger charge is -2.18. The van der Waals surface area contributed by atoms with E-state index in [4.69, 9.17) is 4.74 Å². The third-order valence-electron chi connectivity index (χ3n) is 6.17. The highest BCUT2D eigenvalue weighted by Gasteiger charge is 2.11. The standard InChI is InChI=1S/C29H35N5O2/c1-2-3-4-7-22-36-29(35)23-8-10-24(11-9-23)30-31-25-12-14-26(15-13-25)32-33-27-16-18-28(19-17-27)34-20-5-6-21-34/h8-19,32-33H,2-7,20-22H2,1H3. The summed E-state index contributed by atoms with van der Waals surface area (Å²) in [4.78, 5) is 14.5. The van der Waals surface area contributed by atoms with Crippen molar-refractivity contribution in [3.8, 4) is 0 Å². The molecule has 1 aliphatic rings. The smallest absolute Gasteiger partial charge is 0.338 e. The molecule has 7 heteroatoms. The summed E-state index contributed by atoms with van der Waals surface area (Å²) >= 11 is 0. The van der Waals surface area contributed by atoms with Crippen LogP contribution in [0.5, 0.6) is 0 Å². The molecule has 2 N–H and O–H groups in total. The summed E-state index contributed by atoms with van der Waals surface area (Å²) in [6, 6.07) is 23.1. The third kappa shape index (κ3) is 7.57. The molecule has 3 aromatic carbocycles. The van der Waals surface area contributed by atoms with Gasteiger partial charge in [0.05, 0.1) is 34.9 Å². The first-order valence-electron chi connectivity index (χ1n) is 12.9. The molecule has 0 spiro atoms. The predicted molar refractivity (Wildman–Crippen MR) is 147 cm³/mol. The number of rotatable bonds is 12. The lowest BCUT2D eigenvalue weighted by Crippen LogP contribution is -2.17. The molecule has 1 heterocycles. The van der Waals surface area contributed by atoms with Crippen LogP contribution in [0.1, 0.15) is 55.8 Å². The van der Waals surface area contributed by atoms with Gasteiger partial charge in [0.1, 0.15) is 0 Å². The monoisotopic (exact) mass is 485 g/mol. The molecule has 4 rings (SSSR count). The quantitative estimate of drug-likeness (QED) is 0.118. The number of hydrazine groups is 1. The zero-order valence-corrected chi connectivity index (χ0v) is 21.0. The Bertz CT molecular complexity index is 1110. The average molecular weight is 486 g/mol. The van der Waals surface area contributed by atoms with Crippen molar-refractivity contribution in [1.82, 2.24) is 0 Å². The molecule has 0 aromatic heterocycles. The van der Waals surface area contributed by atoms with Crippen LogP contribution in [-0.4, -0.2) is 25.7 Å².